The molecule has 2 N–H and O–H groups in total. The molecule has 0 unspecified atom stereocenters. The van der Waals surface area contributed by atoms with Crippen molar-refractivity contribution in [2.45, 2.75) is 10.6 Å². The van der Waals surface area contributed by atoms with Crippen LogP contribution in [0.3, 0.4) is 0 Å². The van der Waals surface area contributed by atoms with Crippen molar-refractivity contribution in [2.24, 2.45) is 0 Å². The van der Waals surface area contributed by atoms with Crippen LogP contribution in [0.1, 0.15) is 5.69 Å². The number of halogens is 1. The van der Waals surface area contributed by atoms with Crippen molar-refractivity contribution in [1.29, 1.82) is 0 Å². The van der Waals surface area contributed by atoms with Crippen LogP contribution in [-0.2, 0) is 5.75 Å². The highest BCUT2D eigenvalue weighted by Gasteiger charge is 2.06. The molecule has 19 heavy (non-hydrogen) atoms. The van der Waals surface area contributed by atoms with Crippen LogP contribution < -0.4 is 5.73 Å². The summed E-state index contributed by atoms with van der Waals surface area (Å²) in [5, 5.41) is 0.709. The Morgan fingerprint density at radius 3 is 3.11 bits per heavy atom. The first-order valence-corrected chi connectivity index (χ1v) is 7.05. The smallest absolute Gasteiger partial charge is 0.233 e. The Hall–Kier alpha value is -1.72. The molecule has 6 heteroatoms. The molecule has 0 spiro atoms. The van der Waals surface area contributed by atoms with Gasteiger partial charge in [-0.1, -0.05) is 11.6 Å². The SMILES string of the molecule is Nc1ccc(Cl)c(SCc2cn3cccnc3n2)c1. The van der Waals surface area contributed by atoms with Gasteiger partial charge in [0.1, 0.15) is 0 Å². The first-order valence-electron chi connectivity index (χ1n) is 5.69. The Morgan fingerprint density at radius 2 is 2.26 bits per heavy atom. The summed E-state index contributed by atoms with van der Waals surface area (Å²) in [4.78, 5) is 9.59. The molecule has 0 aliphatic heterocycles. The van der Waals surface area contributed by atoms with Gasteiger partial charge >= 0.3 is 0 Å². The minimum Gasteiger partial charge on any atom is -0.399 e. The van der Waals surface area contributed by atoms with Gasteiger partial charge in [0.2, 0.25) is 5.78 Å². The maximum absolute atomic E-state index is 6.13. The Morgan fingerprint density at radius 1 is 1.37 bits per heavy atom. The zero-order valence-electron chi connectivity index (χ0n) is 9.95. The molecule has 0 saturated carbocycles. The number of hydrogen-bond acceptors (Lipinski definition) is 4. The van der Waals surface area contributed by atoms with E-state index in [9.17, 15) is 0 Å². The summed E-state index contributed by atoms with van der Waals surface area (Å²) in [6.07, 6.45) is 5.63. The molecule has 0 fully saturated rings. The van der Waals surface area contributed by atoms with Gasteiger partial charge in [-0.05, 0) is 24.3 Å². The third-order valence-electron chi connectivity index (χ3n) is 2.62. The monoisotopic (exact) mass is 290 g/mol. The Bertz CT molecular complexity index is 692. The van der Waals surface area contributed by atoms with Gasteiger partial charge in [-0.15, -0.1) is 11.8 Å². The molecule has 4 nitrogen and oxygen atoms in total. The van der Waals surface area contributed by atoms with Gasteiger partial charge in [-0.25, -0.2) is 9.97 Å². The molecule has 0 radical (unpaired) electrons. The molecule has 0 aliphatic carbocycles. The Balaban J connectivity index is 1.80. The van der Waals surface area contributed by atoms with Crippen molar-refractivity contribution in [3.05, 3.63) is 53.6 Å². The number of benzene rings is 1. The number of hydrogen-bond donors (Lipinski definition) is 1. The summed E-state index contributed by atoms with van der Waals surface area (Å²) in [5.41, 5.74) is 7.43. The molecular formula is C13H11ClN4S. The molecule has 0 amide bonds. The van der Waals surface area contributed by atoms with E-state index in [1.165, 1.54) is 0 Å². The summed E-state index contributed by atoms with van der Waals surface area (Å²) in [5.74, 6) is 1.43. The van der Waals surface area contributed by atoms with Crippen LogP contribution in [0.15, 0.2) is 47.8 Å². The third-order valence-corrected chi connectivity index (χ3v) is 4.15. The highest BCUT2D eigenvalue weighted by Crippen LogP contribution is 2.31. The van der Waals surface area contributed by atoms with E-state index in [4.69, 9.17) is 17.3 Å². The van der Waals surface area contributed by atoms with E-state index in [0.717, 1.165) is 16.3 Å². The second-order valence-electron chi connectivity index (χ2n) is 4.04. The van der Waals surface area contributed by atoms with E-state index in [0.29, 0.717) is 16.5 Å². The van der Waals surface area contributed by atoms with Crippen LogP contribution in [0.5, 0.6) is 0 Å². The summed E-state index contributed by atoms with van der Waals surface area (Å²) < 4.78 is 1.90. The normalized spacial score (nSPS) is 11.0. The highest BCUT2D eigenvalue weighted by molar-refractivity contribution is 7.98. The molecular weight excluding hydrogens is 280 g/mol. The molecule has 1 aromatic carbocycles. The fourth-order valence-electron chi connectivity index (χ4n) is 1.73. The quantitative estimate of drug-likeness (QED) is 0.594. The van der Waals surface area contributed by atoms with Gasteiger partial charge in [-0.3, -0.25) is 4.40 Å². The summed E-state index contributed by atoms with van der Waals surface area (Å²) >= 11 is 7.74. The van der Waals surface area contributed by atoms with Crippen molar-refractivity contribution in [3.8, 4) is 0 Å². The van der Waals surface area contributed by atoms with E-state index in [1.54, 1.807) is 24.0 Å². The van der Waals surface area contributed by atoms with Crippen LogP contribution >= 0.6 is 23.4 Å². The number of aromatic nitrogens is 3. The number of rotatable bonds is 3. The second kappa shape index (κ2) is 5.11. The second-order valence-corrected chi connectivity index (χ2v) is 5.46. The highest BCUT2D eigenvalue weighted by atomic mass is 35.5. The molecule has 0 atom stereocenters. The number of nitrogens with two attached hydrogens (primary N) is 1. The van der Waals surface area contributed by atoms with Crippen molar-refractivity contribution in [1.82, 2.24) is 14.4 Å². The maximum atomic E-state index is 6.13. The molecule has 2 aromatic heterocycles. The number of imidazole rings is 1. The van der Waals surface area contributed by atoms with Crippen molar-refractivity contribution < 1.29 is 0 Å². The number of thioether (sulfide) groups is 1. The number of nitrogens with zero attached hydrogens (tertiary/aromatic N) is 3. The van der Waals surface area contributed by atoms with E-state index in [-0.39, 0.29) is 0 Å². The largest absolute Gasteiger partial charge is 0.399 e. The fraction of sp³-hybridized carbons (Fsp3) is 0.0769. The number of anilines is 1. The lowest BCUT2D eigenvalue weighted by Crippen LogP contribution is -1.86. The minimum absolute atomic E-state index is 0.705. The van der Waals surface area contributed by atoms with Crippen LogP contribution in [0, 0.1) is 0 Å². The van der Waals surface area contributed by atoms with E-state index < -0.39 is 0 Å². The van der Waals surface area contributed by atoms with Gasteiger partial charge in [0.15, 0.2) is 0 Å². The molecule has 0 saturated heterocycles. The van der Waals surface area contributed by atoms with Crippen molar-refractivity contribution in [2.75, 3.05) is 5.73 Å². The van der Waals surface area contributed by atoms with Gasteiger partial charge < -0.3 is 5.73 Å². The molecule has 0 bridgehead atoms. The van der Waals surface area contributed by atoms with E-state index in [2.05, 4.69) is 9.97 Å². The average molecular weight is 291 g/mol. The van der Waals surface area contributed by atoms with Crippen LogP contribution in [0.25, 0.3) is 5.78 Å². The molecule has 0 aliphatic rings. The summed E-state index contributed by atoms with van der Waals surface area (Å²) in [7, 11) is 0. The van der Waals surface area contributed by atoms with Gasteiger partial charge in [0.05, 0.1) is 10.7 Å². The standard InChI is InChI=1S/C13H11ClN4S/c14-11-3-2-9(15)6-12(11)19-8-10-7-18-5-1-4-16-13(18)17-10/h1-7H,8,15H2. The summed E-state index contributed by atoms with van der Waals surface area (Å²) in [6.45, 7) is 0. The topological polar surface area (TPSA) is 56.2 Å². The fourth-order valence-corrected chi connectivity index (χ4v) is 2.88. The minimum atomic E-state index is 0.705. The molecule has 3 aromatic rings. The van der Waals surface area contributed by atoms with Crippen LogP contribution in [-0.4, -0.2) is 14.4 Å². The van der Waals surface area contributed by atoms with Gasteiger partial charge in [0, 0.05) is 34.9 Å². The first-order chi connectivity index (χ1) is 9.22. The third kappa shape index (κ3) is 2.67. The zero-order valence-corrected chi connectivity index (χ0v) is 11.5. The van der Waals surface area contributed by atoms with Crippen molar-refractivity contribution in [3.63, 3.8) is 0 Å². The van der Waals surface area contributed by atoms with E-state index >= 15 is 0 Å². The maximum Gasteiger partial charge on any atom is 0.233 e. The predicted octanol–water partition coefficient (Wildman–Crippen LogP) is 3.26. The molecule has 96 valence electrons. The number of fused-ring (bicyclic) bond motifs is 1. The summed E-state index contributed by atoms with van der Waals surface area (Å²) in [6, 6.07) is 7.35. The lowest BCUT2D eigenvalue weighted by atomic mass is 10.3. The average Bonchev–Trinajstić information content (AvgIpc) is 2.82. The zero-order chi connectivity index (χ0) is 13.2. The van der Waals surface area contributed by atoms with Gasteiger partial charge in [-0.2, -0.15) is 0 Å². The molecule has 2 heterocycles. The lowest BCUT2D eigenvalue weighted by molar-refractivity contribution is 1.11. The van der Waals surface area contributed by atoms with E-state index in [1.807, 2.05) is 35.0 Å². The molecule has 3 rings (SSSR count). The van der Waals surface area contributed by atoms with Gasteiger partial charge in [0.25, 0.3) is 0 Å². The lowest BCUT2D eigenvalue weighted by Gasteiger charge is -2.03. The van der Waals surface area contributed by atoms with Crippen LogP contribution in [0.2, 0.25) is 5.02 Å². The predicted molar refractivity (Wildman–Crippen MR) is 78.4 cm³/mol. The number of nitrogen functional groups attached to an aromatic ring is 1. The Kier molecular flexibility index (Phi) is 3.31. The van der Waals surface area contributed by atoms with Crippen molar-refractivity contribution >= 4 is 34.8 Å². The Labute approximate surface area is 119 Å². The first kappa shape index (κ1) is 12.3. The van der Waals surface area contributed by atoms with Crippen LogP contribution in [0.4, 0.5) is 5.69 Å².